The molecule has 4 fully saturated rings. The fourth-order valence-corrected chi connectivity index (χ4v) is 15.6. The van der Waals surface area contributed by atoms with Gasteiger partial charge in [0, 0.05) is 147 Å². The molecular formula is C98H105Cl5N4O13. The molecule has 0 atom stereocenters. The van der Waals surface area contributed by atoms with Gasteiger partial charge in [0.1, 0.15) is 0 Å². The van der Waals surface area contributed by atoms with Crippen molar-refractivity contribution in [3.63, 3.8) is 0 Å². The van der Waals surface area contributed by atoms with Gasteiger partial charge in [-0.25, -0.2) is 0 Å². The highest BCUT2D eigenvalue weighted by atomic mass is 35.5. The summed E-state index contributed by atoms with van der Waals surface area (Å²) < 4.78 is 26.6. The minimum Gasteiger partial charge on any atom is -0.481 e. The third-order valence-corrected chi connectivity index (χ3v) is 22.8. The third-order valence-electron chi connectivity index (χ3n) is 21.5. The number of carboxylic acid groups (broad SMARTS) is 1. The van der Waals surface area contributed by atoms with Crippen LogP contribution in [-0.4, -0.2) is 159 Å². The van der Waals surface area contributed by atoms with E-state index < -0.39 is 5.97 Å². The number of likely N-dealkylation sites (tertiary alicyclic amines) is 4. The molecule has 17 nitrogen and oxygen atoms in total. The number of carbonyl (C=O) groups excluding carboxylic acids is 5. The van der Waals surface area contributed by atoms with E-state index in [1.807, 2.05) is 203 Å². The Morgan fingerprint density at radius 2 is 0.533 bits per heavy atom. The Morgan fingerprint density at radius 1 is 0.308 bits per heavy atom. The van der Waals surface area contributed by atoms with E-state index in [1.165, 1.54) is 6.42 Å². The average Bonchev–Trinajstić information content (AvgIpc) is 0.990. The number of aliphatic carboxylic acids is 1. The molecule has 4 aliphatic rings. The second-order valence-corrected chi connectivity index (χ2v) is 32.4. The SMILES string of the molecule is COCc1cc(C(=O)CCC(=O)O)ccc1-c1ccc(Cl)cc1.COCc1cc(C(=O)N2CCC(C)CC2)ccc1-c1ccc(Cl)cc1.COCc1cc(C(=O)N2CCC(O)CC2)ccc1-c1ccc(Cl)cc1.COCc1cc(C(=O)N2CCCC2)ccc1-c1ccc(Cl)cc1.COCc1cc(C(=O)N2CCCCC2)ccc1-c1ccc(Cl)cc1. The maximum atomic E-state index is 12.8. The van der Waals surface area contributed by atoms with E-state index in [0.29, 0.717) is 101 Å². The normalized spacial score (nSPS) is 14.1. The Labute approximate surface area is 729 Å². The number of amides is 4. The van der Waals surface area contributed by atoms with Crippen LogP contribution in [0.15, 0.2) is 212 Å². The standard InChI is InChI=1S/C21H24ClNO2.C20H22ClNO3.C20H22ClNO2.C19H20ClNO2.C18H17ClO4/c1-15-9-11-23(12-10-15)21(24)17-5-8-20(18(13-17)14-25-2)16-3-6-19(22)7-4-16;1-25-13-16-12-15(20(24)22-10-8-18(23)9-11-22)4-7-19(16)14-2-5-17(21)6-3-14;1-24-14-17-13-16(20(23)22-11-3-2-4-12-22)7-10-19(17)15-5-8-18(21)9-6-15;1-23-13-16-12-15(19(22)21-10-2-3-11-21)6-9-18(16)14-4-7-17(20)8-5-14;1-23-11-14-10-13(17(20)8-9-18(21)22)4-7-16(14)12-2-5-15(19)6-3-12/h3-8,13,15H,9-12,14H2,1-2H3;2-7,12,18,23H,8-11,13H2,1H3;5-10,13H,2-4,11-12,14H2,1H3;4-9,12H,2-3,10-11,13H2,1H3;2-7,10H,8-9,11H2,1H3,(H,21,22). The zero-order chi connectivity index (χ0) is 85.6. The van der Waals surface area contributed by atoms with Crippen molar-refractivity contribution < 1.29 is 62.7 Å². The summed E-state index contributed by atoms with van der Waals surface area (Å²) >= 11 is 29.8. The highest BCUT2D eigenvalue weighted by Gasteiger charge is 2.27. The van der Waals surface area contributed by atoms with Crippen LogP contribution < -0.4 is 0 Å². The van der Waals surface area contributed by atoms with E-state index in [4.69, 9.17) is 86.8 Å². The van der Waals surface area contributed by atoms with Crippen molar-refractivity contribution in [1.82, 2.24) is 19.6 Å². The van der Waals surface area contributed by atoms with Gasteiger partial charge in [-0.1, -0.05) is 162 Å². The Kier molecular flexibility index (Phi) is 36.3. The number of aliphatic hydroxyl groups is 1. The number of carboxylic acids is 1. The third kappa shape index (κ3) is 26.7. The molecular weight excluding hydrogens is 1620 g/mol. The van der Waals surface area contributed by atoms with Crippen molar-refractivity contribution in [3.05, 3.63) is 293 Å². The predicted molar refractivity (Wildman–Crippen MR) is 480 cm³/mol. The largest absolute Gasteiger partial charge is 0.481 e. The zero-order valence-electron chi connectivity index (χ0n) is 68.9. The molecule has 4 heterocycles. The summed E-state index contributed by atoms with van der Waals surface area (Å²) in [6.07, 6.45) is 8.57. The van der Waals surface area contributed by atoms with E-state index in [1.54, 1.807) is 64.7 Å². The number of Topliss-reactive ketones (excluding diaryl/α,β-unsaturated/α-hetero) is 1. The molecule has 22 heteroatoms. The van der Waals surface area contributed by atoms with E-state index in [0.717, 1.165) is 178 Å². The molecule has 0 saturated carbocycles. The monoisotopic (exact) mass is 1720 g/mol. The second kappa shape index (κ2) is 47.0. The number of halogens is 5. The molecule has 14 rings (SSSR count). The Balaban J connectivity index is 0.000000158. The molecule has 120 heavy (non-hydrogen) atoms. The number of benzene rings is 10. The Hall–Kier alpha value is -9.57. The van der Waals surface area contributed by atoms with Crippen molar-refractivity contribution in [1.29, 1.82) is 0 Å². The first-order valence-corrected chi connectivity index (χ1v) is 42.4. The quantitative estimate of drug-likeness (QED) is 0.0573. The Bertz CT molecular complexity index is 4910. The van der Waals surface area contributed by atoms with Crippen LogP contribution in [0.25, 0.3) is 55.6 Å². The van der Waals surface area contributed by atoms with Crippen molar-refractivity contribution >= 4 is 93.4 Å². The van der Waals surface area contributed by atoms with Gasteiger partial charge in [0.25, 0.3) is 23.6 Å². The first-order chi connectivity index (χ1) is 58.0. The molecule has 4 amide bonds. The summed E-state index contributed by atoms with van der Waals surface area (Å²) in [7, 11) is 8.24. The summed E-state index contributed by atoms with van der Waals surface area (Å²) in [5, 5.41) is 21.8. The lowest BCUT2D eigenvalue weighted by Crippen LogP contribution is -2.40. The van der Waals surface area contributed by atoms with Gasteiger partial charge in [-0.05, 0) is 262 Å². The molecule has 4 aliphatic heterocycles. The molecule has 0 bridgehead atoms. The van der Waals surface area contributed by atoms with Gasteiger partial charge in [-0.3, -0.25) is 28.8 Å². The van der Waals surface area contributed by atoms with Gasteiger partial charge in [0.15, 0.2) is 5.78 Å². The van der Waals surface area contributed by atoms with Crippen LogP contribution >= 0.6 is 58.0 Å². The van der Waals surface area contributed by atoms with Gasteiger partial charge < -0.3 is 53.5 Å². The van der Waals surface area contributed by atoms with Gasteiger partial charge in [0.2, 0.25) is 0 Å². The highest BCUT2D eigenvalue weighted by Crippen LogP contribution is 2.35. The number of ether oxygens (including phenoxy) is 5. The topological polar surface area (TPSA) is 202 Å². The van der Waals surface area contributed by atoms with E-state index in [-0.39, 0.29) is 48.4 Å². The van der Waals surface area contributed by atoms with Crippen LogP contribution in [0, 0.1) is 5.92 Å². The van der Waals surface area contributed by atoms with Crippen molar-refractivity contribution in [2.45, 2.75) is 117 Å². The lowest BCUT2D eigenvalue weighted by Gasteiger charge is -2.30. The maximum Gasteiger partial charge on any atom is 0.303 e. The van der Waals surface area contributed by atoms with Crippen LogP contribution in [0.3, 0.4) is 0 Å². The smallest absolute Gasteiger partial charge is 0.303 e. The molecule has 630 valence electrons. The molecule has 0 aliphatic carbocycles. The number of rotatable bonds is 23. The minimum absolute atomic E-state index is 0.00640. The van der Waals surface area contributed by atoms with E-state index in [9.17, 15) is 33.9 Å². The van der Waals surface area contributed by atoms with E-state index >= 15 is 0 Å². The van der Waals surface area contributed by atoms with Gasteiger partial charge in [-0.15, -0.1) is 0 Å². The Morgan fingerprint density at radius 3 is 0.783 bits per heavy atom. The number of aliphatic hydroxyl groups excluding tert-OH is 1. The van der Waals surface area contributed by atoms with Crippen LogP contribution in [0.1, 0.15) is 157 Å². The van der Waals surface area contributed by atoms with Gasteiger partial charge >= 0.3 is 5.97 Å². The summed E-state index contributed by atoms with van der Waals surface area (Å²) in [5.41, 5.74) is 18.7. The van der Waals surface area contributed by atoms with E-state index in [2.05, 4.69) is 6.92 Å². The van der Waals surface area contributed by atoms with Gasteiger partial charge in [-0.2, -0.15) is 0 Å². The molecule has 0 radical (unpaired) electrons. The van der Waals surface area contributed by atoms with Crippen molar-refractivity contribution in [2.75, 3.05) is 87.9 Å². The summed E-state index contributed by atoms with van der Waals surface area (Å²) in [6, 6.07) is 66.9. The molecule has 4 saturated heterocycles. The first kappa shape index (κ1) is 92.7. The number of methoxy groups -OCH3 is 5. The molecule has 0 unspecified atom stereocenters. The number of hydrogen-bond acceptors (Lipinski definition) is 12. The second-order valence-electron chi connectivity index (χ2n) is 30.2. The maximum absolute atomic E-state index is 12.8. The summed E-state index contributed by atoms with van der Waals surface area (Å²) in [5.74, 6) is -0.0999. The number of carbonyl (C=O) groups is 6. The lowest BCUT2D eigenvalue weighted by atomic mass is 9.95. The number of nitrogens with zero attached hydrogens (tertiary/aromatic N) is 4. The molecule has 10 aromatic rings. The molecule has 2 N–H and O–H groups in total. The zero-order valence-corrected chi connectivity index (χ0v) is 72.7. The van der Waals surface area contributed by atoms with Crippen LogP contribution in [0.2, 0.25) is 25.1 Å². The molecule has 0 aromatic heterocycles. The molecule has 0 spiro atoms. The lowest BCUT2D eigenvalue weighted by molar-refractivity contribution is -0.137. The predicted octanol–water partition coefficient (Wildman–Crippen LogP) is 22.1. The van der Waals surface area contributed by atoms with Crippen LogP contribution in [-0.2, 0) is 61.5 Å². The summed E-state index contributed by atoms with van der Waals surface area (Å²) in [4.78, 5) is 81.2. The summed E-state index contributed by atoms with van der Waals surface area (Å²) in [6.45, 7) is 10.8. The number of hydrogen-bond donors (Lipinski definition) is 2. The fraction of sp³-hybridized carbons (Fsp3) is 0.327. The molecule has 10 aromatic carbocycles. The van der Waals surface area contributed by atoms with Gasteiger partial charge in [0.05, 0.1) is 45.6 Å². The van der Waals surface area contributed by atoms with Crippen LogP contribution in [0.4, 0.5) is 0 Å². The fourth-order valence-electron chi connectivity index (χ4n) is 15.0. The van der Waals surface area contributed by atoms with Crippen molar-refractivity contribution in [3.8, 4) is 55.6 Å². The first-order valence-electron chi connectivity index (χ1n) is 40.5. The van der Waals surface area contributed by atoms with Crippen LogP contribution in [0.5, 0.6) is 0 Å². The number of ketones is 1. The van der Waals surface area contributed by atoms with Crippen molar-refractivity contribution in [2.24, 2.45) is 5.92 Å². The minimum atomic E-state index is -0.978. The average molecular weight is 1720 g/mol. The number of piperidine rings is 3. The highest BCUT2D eigenvalue weighted by molar-refractivity contribution is 6.32.